The lowest BCUT2D eigenvalue weighted by Gasteiger charge is -2.27. The van der Waals surface area contributed by atoms with Gasteiger partial charge >= 0.3 is 0 Å². The molecule has 148 valence electrons. The van der Waals surface area contributed by atoms with Gasteiger partial charge in [0, 0.05) is 39.3 Å². The number of amides is 1. The molecule has 1 amide bonds. The van der Waals surface area contributed by atoms with E-state index in [1.165, 1.54) is 4.90 Å². The van der Waals surface area contributed by atoms with Crippen LogP contribution in [0.4, 0.5) is 5.69 Å². The van der Waals surface area contributed by atoms with E-state index in [9.17, 15) is 14.7 Å². The molecule has 6 heteroatoms. The molecule has 0 saturated heterocycles. The van der Waals surface area contributed by atoms with Crippen LogP contribution in [0.5, 0.6) is 0 Å². The Morgan fingerprint density at radius 3 is 2.62 bits per heavy atom. The number of nitrogens with zero attached hydrogens (tertiary/aromatic N) is 1. The molecule has 0 saturated carbocycles. The Bertz CT molecular complexity index is 1180. The first kappa shape index (κ1) is 19.3. The molecule has 1 unspecified atom stereocenters. The molecule has 0 aliphatic carbocycles. The van der Waals surface area contributed by atoms with Gasteiger partial charge in [0.1, 0.15) is 0 Å². The topological polar surface area (TPSA) is 73.4 Å². The summed E-state index contributed by atoms with van der Waals surface area (Å²) < 4.78 is 0. The number of aryl methyl sites for hydroxylation is 1. The van der Waals surface area contributed by atoms with Gasteiger partial charge in [-0.25, -0.2) is 0 Å². The zero-order chi connectivity index (χ0) is 20.9. The van der Waals surface area contributed by atoms with Crippen LogP contribution in [-0.4, -0.2) is 21.8 Å². The average Bonchev–Trinajstić information content (AvgIpc) is 3.23. The van der Waals surface area contributed by atoms with E-state index in [4.69, 9.17) is 11.6 Å². The molecule has 0 fully saturated rings. The number of anilines is 1. The maximum atomic E-state index is 13.1. The zero-order valence-electron chi connectivity index (χ0n) is 16.4. The van der Waals surface area contributed by atoms with Crippen LogP contribution >= 0.6 is 11.6 Å². The summed E-state index contributed by atoms with van der Waals surface area (Å²) in [7, 11) is 0. The highest BCUT2D eigenvalue weighted by molar-refractivity contribution is 6.31. The van der Waals surface area contributed by atoms with E-state index >= 15 is 0 Å². The average molecular weight is 409 g/mol. The molecule has 29 heavy (non-hydrogen) atoms. The molecule has 2 N–H and O–H groups in total. The van der Waals surface area contributed by atoms with Gasteiger partial charge in [0.05, 0.1) is 11.6 Å². The van der Waals surface area contributed by atoms with Crippen molar-refractivity contribution in [1.29, 1.82) is 0 Å². The number of aromatic nitrogens is 1. The number of aliphatic hydroxyl groups is 1. The number of rotatable bonds is 4. The lowest BCUT2D eigenvalue weighted by atomic mass is 9.91. The SMILES string of the molecule is Cc1ccc(N2C(=O)C(O)=C(C(=O)C(C)C)C2c2c[nH]c3ccccc23)cc1Cl. The molecule has 1 aromatic heterocycles. The summed E-state index contributed by atoms with van der Waals surface area (Å²) in [5, 5.41) is 12.1. The van der Waals surface area contributed by atoms with Crippen LogP contribution in [0.25, 0.3) is 10.9 Å². The molecule has 5 nitrogen and oxygen atoms in total. The molecule has 2 aromatic carbocycles. The fourth-order valence-electron chi connectivity index (χ4n) is 3.78. The maximum absolute atomic E-state index is 13.1. The second-order valence-corrected chi connectivity index (χ2v) is 7.99. The van der Waals surface area contributed by atoms with Crippen LogP contribution < -0.4 is 4.90 Å². The minimum absolute atomic E-state index is 0.117. The number of hydrogen-bond acceptors (Lipinski definition) is 3. The molecule has 3 aromatic rings. The number of benzene rings is 2. The third-order valence-corrected chi connectivity index (χ3v) is 5.75. The van der Waals surface area contributed by atoms with Gasteiger partial charge in [0.2, 0.25) is 0 Å². The van der Waals surface area contributed by atoms with Crippen LogP contribution in [0, 0.1) is 12.8 Å². The fraction of sp³-hybridized carbons (Fsp3) is 0.217. The molecule has 0 bridgehead atoms. The van der Waals surface area contributed by atoms with Crippen LogP contribution in [0.15, 0.2) is 60.0 Å². The van der Waals surface area contributed by atoms with Crippen molar-refractivity contribution in [3.8, 4) is 0 Å². The Labute approximate surface area is 173 Å². The molecular weight excluding hydrogens is 388 g/mol. The van der Waals surface area contributed by atoms with Crippen molar-refractivity contribution in [2.45, 2.75) is 26.8 Å². The van der Waals surface area contributed by atoms with E-state index in [-0.39, 0.29) is 17.3 Å². The molecule has 4 rings (SSSR count). The van der Waals surface area contributed by atoms with E-state index in [0.717, 1.165) is 22.0 Å². The van der Waals surface area contributed by atoms with E-state index in [2.05, 4.69) is 4.98 Å². The van der Waals surface area contributed by atoms with Gasteiger partial charge in [0.15, 0.2) is 11.5 Å². The van der Waals surface area contributed by atoms with Gasteiger partial charge in [-0.1, -0.05) is 49.7 Å². The summed E-state index contributed by atoms with van der Waals surface area (Å²) in [6.07, 6.45) is 1.79. The van der Waals surface area contributed by atoms with Crippen molar-refractivity contribution >= 4 is 39.9 Å². The fourth-order valence-corrected chi connectivity index (χ4v) is 3.96. The highest BCUT2D eigenvalue weighted by Gasteiger charge is 2.45. The number of carbonyl (C=O) groups excluding carboxylic acids is 2. The van der Waals surface area contributed by atoms with Crippen LogP contribution in [-0.2, 0) is 9.59 Å². The standard InChI is InChI=1S/C23H21ClN2O3/c1-12(2)21(27)19-20(16-11-25-18-7-5-4-6-15(16)18)26(23(29)22(19)28)14-9-8-13(3)17(24)10-14/h4-12,20,25,28H,1-3H3. The minimum Gasteiger partial charge on any atom is -0.503 e. The maximum Gasteiger partial charge on any atom is 0.294 e. The summed E-state index contributed by atoms with van der Waals surface area (Å²) in [4.78, 5) is 30.7. The number of ketones is 1. The number of fused-ring (bicyclic) bond motifs is 1. The number of Topliss-reactive ketones (excluding diaryl/α,β-unsaturated/α-hetero) is 1. The van der Waals surface area contributed by atoms with Crippen molar-refractivity contribution < 1.29 is 14.7 Å². The number of carbonyl (C=O) groups is 2. The lowest BCUT2D eigenvalue weighted by molar-refractivity contribution is -0.119. The first-order chi connectivity index (χ1) is 13.8. The third-order valence-electron chi connectivity index (χ3n) is 5.35. The number of H-pyrrole nitrogens is 1. The monoisotopic (exact) mass is 408 g/mol. The molecule has 1 atom stereocenters. The second kappa shape index (κ2) is 7.08. The van der Waals surface area contributed by atoms with Gasteiger partial charge < -0.3 is 10.1 Å². The van der Waals surface area contributed by atoms with Gasteiger partial charge in [-0.3, -0.25) is 14.5 Å². The van der Waals surface area contributed by atoms with Crippen LogP contribution in [0.3, 0.4) is 0 Å². The van der Waals surface area contributed by atoms with Gasteiger partial charge in [-0.15, -0.1) is 0 Å². The Balaban J connectivity index is 1.96. The first-order valence-electron chi connectivity index (χ1n) is 9.44. The summed E-state index contributed by atoms with van der Waals surface area (Å²) in [6, 6.07) is 12.2. The number of para-hydroxylation sites is 1. The van der Waals surface area contributed by atoms with Crippen LogP contribution in [0.1, 0.15) is 31.0 Å². The van der Waals surface area contributed by atoms with E-state index in [1.807, 2.05) is 37.3 Å². The molecule has 0 radical (unpaired) electrons. The summed E-state index contributed by atoms with van der Waals surface area (Å²) in [6.45, 7) is 5.38. The Hall–Kier alpha value is -3.05. The largest absolute Gasteiger partial charge is 0.503 e. The number of hydrogen-bond donors (Lipinski definition) is 2. The van der Waals surface area contributed by atoms with Gasteiger partial charge in [-0.2, -0.15) is 0 Å². The Morgan fingerprint density at radius 1 is 1.21 bits per heavy atom. The van der Waals surface area contributed by atoms with Crippen molar-refractivity contribution in [2.24, 2.45) is 5.92 Å². The number of aromatic amines is 1. The van der Waals surface area contributed by atoms with Crippen molar-refractivity contribution in [3.05, 3.63) is 76.1 Å². The molecule has 1 aliphatic rings. The molecule has 0 spiro atoms. The predicted molar refractivity (Wildman–Crippen MR) is 114 cm³/mol. The smallest absolute Gasteiger partial charge is 0.294 e. The second-order valence-electron chi connectivity index (χ2n) is 7.58. The number of halogens is 1. The van der Waals surface area contributed by atoms with Crippen LogP contribution in [0.2, 0.25) is 5.02 Å². The molecule has 2 heterocycles. The third kappa shape index (κ3) is 3.02. The lowest BCUT2D eigenvalue weighted by Crippen LogP contribution is -2.31. The van der Waals surface area contributed by atoms with Crippen molar-refractivity contribution in [1.82, 2.24) is 4.98 Å². The van der Waals surface area contributed by atoms with E-state index in [0.29, 0.717) is 10.7 Å². The van der Waals surface area contributed by atoms with E-state index < -0.39 is 17.7 Å². The highest BCUT2D eigenvalue weighted by atomic mass is 35.5. The van der Waals surface area contributed by atoms with Gasteiger partial charge in [0.25, 0.3) is 5.91 Å². The quantitative estimate of drug-likeness (QED) is 0.618. The van der Waals surface area contributed by atoms with Crippen molar-refractivity contribution in [3.63, 3.8) is 0 Å². The molecular formula is C23H21ClN2O3. The summed E-state index contributed by atoms with van der Waals surface area (Å²) in [5.41, 5.74) is 3.16. The van der Waals surface area contributed by atoms with E-state index in [1.54, 1.807) is 32.2 Å². The highest BCUT2D eigenvalue weighted by Crippen LogP contribution is 2.44. The zero-order valence-corrected chi connectivity index (χ0v) is 17.1. The number of aliphatic hydroxyl groups excluding tert-OH is 1. The number of nitrogens with one attached hydrogen (secondary N) is 1. The van der Waals surface area contributed by atoms with Crippen molar-refractivity contribution in [2.75, 3.05) is 4.90 Å². The summed E-state index contributed by atoms with van der Waals surface area (Å²) >= 11 is 6.31. The normalized spacial score (nSPS) is 17.1. The predicted octanol–water partition coefficient (Wildman–Crippen LogP) is 5.25. The van der Waals surface area contributed by atoms with Gasteiger partial charge in [-0.05, 0) is 30.7 Å². The first-order valence-corrected chi connectivity index (χ1v) is 9.82. The molecule has 1 aliphatic heterocycles. The Morgan fingerprint density at radius 2 is 1.93 bits per heavy atom. The minimum atomic E-state index is -0.743. The Kier molecular flexibility index (Phi) is 4.71. The summed E-state index contributed by atoms with van der Waals surface area (Å²) in [5.74, 6) is -1.74.